The van der Waals surface area contributed by atoms with Crippen molar-refractivity contribution in [2.75, 3.05) is 0 Å². The van der Waals surface area contributed by atoms with Crippen LogP contribution >= 0.6 is 11.6 Å². The van der Waals surface area contributed by atoms with Crippen LogP contribution in [-0.4, -0.2) is 20.6 Å². The Bertz CT molecular complexity index is 1100. The fraction of sp³-hybridized carbons (Fsp3) is 0.200. The van der Waals surface area contributed by atoms with Crippen LogP contribution in [0.4, 0.5) is 13.2 Å². The second kappa shape index (κ2) is 7.31. The molecule has 2 heterocycles. The number of hydrogen-bond donors (Lipinski definition) is 1. The Morgan fingerprint density at radius 2 is 2.04 bits per heavy atom. The van der Waals surface area contributed by atoms with E-state index >= 15 is 0 Å². The van der Waals surface area contributed by atoms with Crippen molar-refractivity contribution >= 4 is 34.7 Å². The quantitative estimate of drug-likeness (QED) is 0.575. The Hall–Kier alpha value is -2.80. The molecule has 0 spiro atoms. The van der Waals surface area contributed by atoms with Crippen molar-refractivity contribution in [3.05, 3.63) is 69.5 Å². The summed E-state index contributed by atoms with van der Waals surface area (Å²) < 4.78 is 41.0. The smallest absolute Gasteiger partial charge is 0.416 e. The van der Waals surface area contributed by atoms with Crippen molar-refractivity contribution in [2.45, 2.75) is 26.6 Å². The van der Waals surface area contributed by atoms with E-state index in [0.29, 0.717) is 32.7 Å². The molecule has 0 saturated heterocycles. The lowest BCUT2D eigenvalue weighted by molar-refractivity contribution is -0.137. The van der Waals surface area contributed by atoms with Crippen LogP contribution in [0, 0.1) is 6.92 Å². The van der Waals surface area contributed by atoms with Gasteiger partial charge in [-0.1, -0.05) is 23.2 Å². The van der Waals surface area contributed by atoms with Crippen LogP contribution in [-0.2, 0) is 17.5 Å². The number of carboxylic acids is 1. The van der Waals surface area contributed by atoms with Gasteiger partial charge >= 0.3 is 12.1 Å². The molecule has 0 atom stereocenters. The van der Waals surface area contributed by atoms with Gasteiger partial charge in [-0.2, -0.15) is 13.2 Å². The molecule has 0 aliphatic heterocycles. The van der Waals surface area contributed by atoms with Crippen molar-refractivity contribution in [3.8, 4) is 0 Å². The maximum Gasteiger partial charge on any atom is 0.416 e. The van der Waals surface area contributed by atoms with Crippen LogP contribution in [0.25, 0.3) is 17.1 Å². The second-order valence-electron chi connectivity index (χ2n) is 6.54. The molecule has 2 aromatic heterocycles. The molecular weight excluding hydrogens is 393 g/mol. The van der Waals surface area contributed by atoms with Gasteiger partial charge in [0.15, 0.2) is 0 Å². The van der Waals surface area contributed by atoms with Gasteiger partial charge in [-0.05, 0) is 43.7 Å². The number of alkyl halides is 3. The lowest BCUT2D eigenvalue weighted by Gasteiger charge is -2.11. The third-order valence-corrected chi connectivity index (χ3v) is 4.58. The van der Waals surface area contributed by atoms with Gasteiger partial charge < -0.3 is 9.67 Å². The number of nitrogens with zero attached hydrogens (tertiary/aromatic N) is 2. The van der Waals surface area contributed by atoms with Gasteiger partial charge in [0.1, 0.15) is 5.65 Å². The number of carboxylic acid groups (broad SMARTS) is 1. The highest BCUT2D eigenvalue weighted by Crippen LogP contribution is 2.32. The Morgan fingerprint density at radius 1 is 1.32 bits per heavy atom. The first-order chi connectivity index (χ1) is 13.1. The highest BCUT2D eigenvalue weighted by molar-refractivity contribution is 6.35. The van der Waals surface area contributed by atoms with Crippen LogP contribution in [0.5, 0.6) is 0 Å². The van der Waals surface area contributed by atoms with Gasteiger partial charge in [-0.15, -0.1) is 0 Å². The summed E-state index contributed by atoms with van der Waals surface area (Å²) in [5.74, 6) is -1.07. The first kappa shape index (κ1) is 19.9. The summed E-state index contributed by atoms with van der Waals surface area (Å²) in [5, 5.41) is 10.1. The molecule has 1 aromatic carbocycles. The van der Waals surface area contributed by atoms with E-state index in [1.807, 2.05) is 0 Å². The predicted molar refractivity (Wildman–Crippen MR) is 101 cm³/mol. The number of pyridine rings is 1. The molecule has 1 N–H and O–H groups in total. The van der Waals surface area contributed by atoms with Crippen molar-refractivity contribution in [1.29, 1.82) is 0 Å². The molecule has 0 saturated carbocycles. The zero-order chi connectivity index (χ0) is 20.6. The lowest BCUT2D eigenvalue weighted by Crippen LogP contribution is -2.07. The first-order valence-electron chi connectivity index (χ1n) is 8.29. The molecule has 0 aliphatic carbocycles. The Labute approximate surface area is 163 Å². The number of fused-ring (bicyclic) bond motifs is 1. The maximum atomic E-state index is 13.1. The highest BCUT2D eigenvalue weighted by atomic mass is 35.5. The van der Waals surface area contributed by atoms with E-state index in [0.717, 1.165) is 12.1 Å². The van der Waals surface area contributed by atoms with Gasteiger partial charge in [0.05, 0.1) is 10.6 Å². The summed E-state index contributed by atoms with van der Waals surface area (Å²) >= 11 is 6.27. The standard InChI is InChI=1S/C20H16ClF3N2O2/c1-11-5-13(8-15(6-11)20(22,23)24)9-26-10-14(7-12(2)19(27)28)17-16(21)3-4-25-18(17)26/h3-8,10H,9H2,1-2H3,(H,27,28)/b12-7+. The summed E-state index contributed by atoms with van der Waals surface area (Å²) in [7, 11) is 0. The molecule has 0 radical (unpaired) electrons. The van der Waals surface area contributed by atoms with E-state index in [2.05, 4.69) is 4.98 Å². The van der Waals surface area contributed by atoms with Gasteiger partial charge in [0.2, 0.25) is 0 Å². The molecule has 0 aliphatic rings. The maximum absolute atomic E-state index is 13.1. The Kier molecular flexibility index (Phi) is 5.21. The zero-order valence-electron chi connectivity index (χ0n) is 15.0. The molecule has 8 heteroatoms. The SMILES string of the molecule is C/C(=C\c1cn(Cc2cc(C)cc(C(F)(F)F)c2)c2nccc(Cl)c12)C(=O)O. The third-order valence-electron chi connectivity index (χ3n) is 4.26. The normalized spacial score (nSPS) is 12.6. The minimum absolute atomic E-state index is 0.105. The van der Waals surface area contributed by atoms with Crippen molar-refractivity contribution in [3.63, 3.8) is 0 Å². The van der Waals surface area contributed by atoms with Crippen molar-refractivity contribution < 1.29 is 23.1 Å². The monoisotopic (exact) mass is 408 g/mol. The lowest BCUT2D eigenvalue weighted by atomic mass is 10.1. The number of benzene rings is 1. The molecule has 0 unspecified atom stereocenters. The molecule has 0 amide bonds. The Balaban J connectivity index is 2.13. The molecule has 0 bridgehead atoms. The number of rotatable bonds is 4. The highest BCUT2D eigenvalue weighted by Gasteiger charge is 2.31. The van der Waals surface area contributed by atoms with Crippen molar-refractivity contribution in [1.82, 2.24) is 9.55 Å². The Morgan fingerprint density at radius 3 is 2.68 bits per heavy atom. The summed E-state index contributed by atoms with van der Waals surface area (Å²) in [4.78, 5) is 15.4. The third kappa shape index (κ3) is 4.04. The van der Waals surface area contributed by atoms with Gasteiger partial charge in [-0.3, -0.25) is 0 Å². The number of aryl methyl sites for hydroxylation is 1. The number of hydrogen-bond acceptors (Lipinski definition) is 2. The largest absolute Gasteiger partial charge is 0.478 e. The van der Waals surface area contributed by atoms with E-state index in [4.69, 9.17) is 16.7 Å². The van der Waals surface area contributed by atoms with Gasteiger partial charge in [0.25, 0.3) is 0 Å². The van der Waals surface area contributed by atoms with Crippen LogP contribution in [0.2, 0.25) is 5.02 Å². The fourth-order valence-electron chi connectivity index (χ4n) is 3.05. The molecular formula is C20H16ClF3N2O2. The van der Waals surface area contributed by atoms with E-state index in [-0.39, 0.29) is 12.1 Å². The van der Waals surface area contributed by atoms with E-state index in [1.54, 1.807) is 29.8 Å². The summed E-state index contributed by atoms with van der Waals surface area (Å²) in [6.45, 7) is 3.19. The fourth-order valence-corrected chi connectivity index (χ4v) is 3.30. The van der Waals surface area contributed by atoms with Crippen LogP contribution in [0.15, 0.2) is 42.2 Å². The average molecular weight is 409 g/mol. The molecule has 0 fully saturated rings. The number of carbonyl (C=O) groups is 1. The second-order valence-corrected chi connectivity index (χ2v) is 6.95. The topological polar surface area (TPSA) is 55.1 Å². The number of halogens is 4. The molecule has 3 rings (SSSR count). The minimum atomic E-state index is -4.44. The average Bonchev–Trinajstić information content (AvgIpc) is 2.92. The minimum Gasteiger partial charge on any atom is -0.478 e. The number of aromatic nitrogens is 2. The molecule has 146 valence electrons. The summed E-state index contributed by atoms with van der Waals surface area (Å²) in [6, 6.07) is 5.44. The molecule has 4 nitrogen and oxygen atoms in total. The van der Waals surface area contributed by atoms with Crippen LogP contribution in [0.1, 0.15) is 29.2 Å². The van der Waals surface area contributed by atoms with Gasteiger partial charge in [0, 0.05) is 35.5 Å². The predicted octanol–water partition coefficient (Wildman–Crippen LogP) is 5.55. The van der Waals surface area contributed by atoms with Gasteiger partial charge in [-0.25, -0.2) is 9.78 Å². The zero-order valence-corrected chi connectivity index (χ0v) is 15.8. The first-order valence-corrected chi connectivity index (χ1v) is 8.67. The van der Waals surface area contributed by atoms with Crippen molar-refractivity contribution in [2.24, 2.45) is 0 Å². The van der Waals surface area contributed by atoms with Crippen LogP contribution < -0.4 is 0 Å². The van der Waals surface area contributed by atoms with E-state index < -0.39 is 17.7 Å². The molecule has 28 heavy (non-hydrogen) atoms. The van der Waals surface area contributed by atoms with Crippen LogP contribution in [0.3, 0.4) is 0 Å². The van der Waals surface area contributed by atoms with E-state index in [9.17, 15) is 18.0 Å². The number of aliphatic carboxylic acids is 1. The molecule has 3 aromatic rings. The summed E-state index contributed by atoms with van der Waals surface area (Å²) in [6.07, 6.45) is 0.168. The van der Waals surface area contributed by atoms with E-state index in [1.165, 1.54) is 19.2 Å². The summed E-state index contributed by atoms with van der Waals surface area (Å²) in [5.41, 5.74) is 1.34.